The van der Waals surface area contributed by atoms with E-state index in [1.165, 1.54) is 5.57 Å². The Balaban J connectivity index is 1.52. The molecule has 10 heteroatoms. The highest BCUT2D eigenvalue weighted by Gasteiger charge is 2.37. The molecule has 0 spiro atoms. The van der Waals surface area contributed by atoms with Crippen LogP contribution in [-0.2, 0) is 33.5 Å². The third-order valence-electron chi connectivity index (χ3n) is 9.69. The second-order valence-corrected chi connectivity index (χ2v) is 23.9. The summed E-state index contributed by atoms with van der Waals surface area (Å²) >= 11 is 3.18. The summed E-state index contributed by atoms with van der Waals surface area (Å²) in [6.45, 7) is 18.1. The number of sulfone groups is 1. The van der Waals surface area contributed by atoms with Gasteiger partial charge in [-0.1, -0.05) is 74.9 Å². The summed E-state index contributed by atoms with van der Waals surface area (Å²) in [7, 11) is -5.45. The molecule has 0 bridgehead atoms. The summed E-state index contributed by atoms with van der Waals surface area (Å²) < 4.78 is 33.9. The van der Waals surface area contributed by atoms with Crippen LogP contribution in [0.2, 0.25) is 18.1 Å². The molecule has 0 saturated heterocycles. The SMILES string of the molecule is C=CCC/C=C/CC/C(C)=C/c1csc(CCC(C(O)CCc2csc(CC/C=C/CCCO[Si](C)(C)C(C)(C)C)n2)S(=O)(=O)c2ccccc2)n1. The van der Waals surface area contributed by atoms with Crippen molar-refractivity contribution in [2.24, 2.45) is 0 Å². The molecule has 2 aromatic heterocycles. The maximum Gasteiger partial charge on any atom is 0.191 e. The molecule has 2 unspecified atom stereocenters. The Bertz CT molecular complexity index is 1680. The highest BCUT2D eigenvalue weighted by Crippen LogP contribution is 2.36. The first-order valence-electron chi connectivity index (χ1n) is 18.8. The smallest absolute Gasteiger partial charge is 0.191 e. The number of allylic oxidation sites excluding steroid dienone is 6. The van der Waals surface area contributed by atoms with Gasteiger partial charge in [0.2, 0.25) is 0 Å². The van der Waals surface area contributed by atoms with Gasteiger partial charge in [-0.15, -0.1) is 29.3 Å². The fourth-order valence-corrected chi connectivity index (χ4v) is 10.0. The number of nitrogens with zero attached hydrogens (tertiary/aromatic N) is 2. The topological polar surface area (TPSA) is 89.4 Å². The second kappa shape index (κ2) is 22.0. The van der Waals surface area contributed by atoms with Gasteiger partial charge in [-0.3, -0.25) is 0 Å². The van der Waals surface area contributed by atoms with Crippen LogP contribution in [0, 0.1) is 0 Å². The highest BCUT2D eigenvalue weighted by atomic mass is 32.2. The van der Waals surface area contributed by atoms with Crippen molar-refractivity contribution < 1.29 is 18.0 Å². The Morgan fingerprint density at radius 1 is 0.904 bits per heavy atom. The zero-order valence-corrected chi connectivity index (χ0v) is 35.8. The molecule has 0 aliphatic rings. The molecule has 1 N–H and O–H groups in total. The predicted octanol–water partition coefficient (Wildman–Crippen LogP) is 11.4. The molecule has 0 radical (unpaired) electrons. The van der Waals surface area contributed by atoms with E-state index < -0.39 is 29.5 Å². The summed E-state index contributed by atoms with van der Waals surface area (Å²) in [5, 5.41) is 16.7. The van der Waals surface area contributed by atoms with Gasteiger partial charge in [-0.2, -0.15) is 0 Å². The van der Waals surface area contributed by atoms with E-state index in [-0.39, 0.29) is 9.93 Å². The lowest BCUT2D eigenvalue weighted by atomic mass is 10.1. The van der Waals surface area contributed by atoms with E-state index in [4.69, 9.17) is 14.4 Å². The van der Waals surface area contributed by atoms with Gasteiger partial charge in [0.15, 0.2) is 18.2 Å². The van der Waals surface area contributed by atoms with Crippen molar-refractivity contribution in [1.29, 1.82) is 0 Å². The van der Waals surface area contributed by atoms with Crippen molar-refractivity contribution in [3.63, 3.8) is 0 Å². The number of aromatic nitrogens is 2. The quantitative estimate of drug-likeness (QED) is 0.0553. The number of aliphatic hydroxyl groups is 1. The molecule has 52 heavy (non-hydrogen) atoms. The summed E-state index contributed by atoms with van der Waals surface area (Å²) in [4.78, 5) is 9.83. The molecule has 2 atom stereocenters. The van der Waals surface area contributed by atoms with Gasteiger partial charge in [-0.25, -0.2) is 18.4 Å². The Kier molecular flexibility index (Phi) is 18.6. The predicted molar refractivity (Wildman–Crippen MR) is 226 cm³/mol. The molecule has 0 saturated carbocycles. The van der Waals surface area contributed by atoms with E-state index in [0.717, 1.165) is 79.4 Å². The van der Waals surface area contributed by atoms with E-state index >= 15 is 0 Å². The first kappa shape index (κ1) is 43.9. The Morgan fingerprint density at radius 2 is 1.58 bits per heavy atom. The van der Waals surface area contributed by atoms with Crippen molar-refractivity contribution in [3.8, 4) is 0 Å². The minimum absolute atomic E-state index is 0.239. The third kappa shape index (κ3) is 15.1. The normalized spacial score (nSPS) is 14.4. The molecule has 0 aliphatic heterocycles. The number of thiazole rings is 2. The van der Waals surface area contributed by atoms with Crippen LogP contribution in [0.1, 0.15) is 107 Å². The van der Waals surface area contributed by atoms with E-state index in [1.807, 2.05) is 16.8 Å². The molecule has 0 amide bonds. The van der Waals surface area contributed by atoms with Gasteiger partial charge in [0, 0.05) is 30.2 Å². The Hall–Kier alpha value is -2.47. The average molecular weight is 783 g/mol. The van der Waals surface area contributed by atoms with Gasteiger partial charge in [0.25, 0.3) is 0 Å². The standard InChI is InChI=1S/C42H62N2O4S3Si/c1-8-9-10-11-13-17-22-34(2)31-36-33-50-41(44-36)29-28-39(51(46,47)37-23-18-16-19-24-37)38(45)27-26-35-32-49-40(43-35)25-20-14-12-15-21-30-48-52(6,7)42(3,4)5/h8,11-14,16,18-19,23-24,31-33,38-39,45H,1,9-10,15,17,20-22,25-30H2,2-7H3/b13-11+,14-12+,34-31+. The van der Waals surface area contributed by atoms with Crippen LogP contribution >= 0.6 is 22.7 Å². The minimum Gasteiger partial charge on any atom is -0.417 e. The van der Waals surface area contributed by atoms with Crippen molar-refractivity contribution in [2.75, 3.05) is 6.61 Å². The summed E-state index contributed by atoms with van der Waals surface area (Å²) in [5.74, 6) is 0. The van der Waals surface area contributed by atoms with Crippen molar-refractivity contribution in [3.05, 3.63) is 105 Å². The molecule has 2 heterocycles. The van der Waals surface area contributed by atoms with Crippen LogP contribution in [0.3, 0.4) is 0 Å². The fraction of sp³-hybridized carbons (Fsp3) is 0.524. The Labute approximate surface area is 323 Å². The molecule has 3 aromatic rings. The highest BCUT2D eigenvalue weighted by molar-refractivity contribution is 7.92. The zero-order valence-electron chi connectivity index (χ0n) is 32.4. The zero-order chi connectivity index (χ0) is 38.0. The number of rotatable bonds is 24. The van der Waals surface area contributed by atoms with Crippen LogP contribution in [0.25, 0.3) is 6.08 Å². The first-order valence-corrected chi connectivity index (χ1v) is 25.0. The van der Waals surface area contributed by atoms with E-state index in [9.17, 15) is 13.5 Å². The largest absolute Gasteiger partial charge is 0.417 e. The number of benzene rings is 1. The molecule has 0 aliphatic carbocycles. The number of hydrogen-bond donors (Lipinski definition) is 1. The first-order chi connectivity index (χ1) is 24.7. The summed E-state index contributed by atoms with van der Waals surface area (Å²) in [6, 6.07) is 8.49. The van der Waals surface area contributed by atoms with Crippen LogP contribution < -0.4 is 0 Å². The van der Waals surface area contributed by atoms with E-state index in [1.54, 1.807) is 53.0 Å². The number of unbranched alkanes of at least 4 members (excludes halogenated alkanes) is 2. The molecule has 3 rings (SSSR count). The molecule has 1 aromatic carbocycles. The molecule has 286 valence electrons. The number of aryl methyl sites for hydroxylation is 3. The third-order valence-corrected chi connectivity index (χ3v) is 18.4. The van der Waals surface area contributed by atoms with Gasteiger partial charge in [0.05, 0.1) is 37.7 Å². The lowest BCUT2D eigenvalue weighted by Crippen LogP contribution is -2.40. The van der Waals surface area contributed by atoms with Crippen molar-refractivity contribution >= 4 is 46.9 Å². The lowest BCUT2D eigenvalue weighted by Gasteiger charge is -2.36. The monoisotopic (exact) mass is 782 g/mol. The maximum absolute atomic E-state index is 13.8. The van der Waals surface area contributed by atoms with Crippen LogP contribution in [-0.4, -0.2) is 49.8 Å². The molecule has 0 fully saturated rings. The lowest BCUT2D eigenvalue weighted by molar-refractivity contribution is 0.154. The van der Waals surface area contributed by atoms with Crippen LogP contribution in [0.4, 0.5) is 0 Å². The number of aliphatic hydroxyl groups excluding tert-OH is 1. The van der Waals surface area contributed by atoms with E-state index in [0.29, 0.717) is 25.7 Å². The van der Waals surface area contributed by atoms with Crippen molar-refractivity contribution in [1.82, 2.24) is 9.97 Å². The van der Waals surface area contributed by atoms with Gasteiger partial charge in [-0.05, 0) is 107 Å². The van der Waals surface area contributed by atoms with Crippen molar-refractivity contribution in [2.45, 2.75) is 139 Å². The molecular formula is C42H62N2O4S3Si. The molecular weight excluding hydrogens is 721 g/mol. The van der Waals surface area contributed by atoms with Gasteiger partial charge >= 0.3 is 0 Å². The summed E-state index contributed by atoms with van der Waals surface area (Å²) in [5.41, 5.74) is 3.06. The minimum atomic E-state index is -3.77. The fourth-order valence-electron chi connectivity index (χ4n) is 5.44. The maximum atomic E-state index is 13.8. The van der Waals surface area contributed by atoms with E-state index in [2.05, 4.69) is 77.7 Å². The van der Waals surface area contributed by atoms with Gasteiger partial charge in [0.1, 0.15) is 0 Å². The van der Waals surface area contributed by atoms with Crippen LogP contribution in [0.5, 0.6) is 0 Å². The van der Waals surface area contributed by atoms with Crippen LogP contribution in [0.15, 0.2) is 88.5 Å². The molecule has 6 nitrogen and oxygen atoms in total. The van der Waals surface area contributed by atoms with Gasteiger partial charge < -0.3 is 9.53 Å². The second-order valence-electron chi connectivity index (χ2n) is 15.1. The summed E-state index contributed by atoms with van der Waals surface area (Å²) in [6.07, 6.45) is 21.3. The number of hydrogen-bond acceptors (Lipinski definition) is 8. The average Bonchev–Trinajstić information content (AvgIpc) is 3.75. The Morgan fingerprint density at radius 3 is 2.31 bits per heavy atom.